The quantitative estimate of drug-likeness (QED) is 0.732. The number of amides is 1. The first-order valence-corrected chi connectivity index (χ1v) is 8.11. The van der Waals surface area contributed by atoms with E-state index in [0.717, 1.165) is 12.8 Å². The van der Waals surface area contributed by atoms with Gasteiger partial charge in [-0.25, -0.2) is 8.42 Å². The van der Waals surface area contributed by atoms with Crippen LogP contribution in [-0.2, 0) is 14.8 Å². The van der Waals surface area contributed by atoms with Crippen molar-refractivity contribution in [3.63, 3.8) is 0 Å². The Hall–Kier alpha value is -0.660. The van der Waals surface area contributed by atoms with Crippen molar-refractivity contribution in [2.45, 2.75) is 25.3 Å². The Balaban J connectivity index is 1.95. The lowest BCUT2D eigenvalue weighted by Gasteiger charge is -2.37. The molecule has 1 saturated carbocycles. The first-order valence-electron chi connectivity index (χ1n) is 6.26. The molecule has 2 N–H and O–H groups in total. The zero-order valence-electron chi connectivity index (χ0n) is 10.9. The molecule has 0 bridgehead atoms. The summed E-state index contributed by atoms with van der Waals surface area (Å²) in [5.41, 5.74) is 5.31. The van der Waals surface area contributed by atoms with Crippen LogP contribution in [0.2, 0.25) is 0 Å². The van der Waals surface area contributed by atoms with Crippen molar-refractivity contribution in [3.05, 3.63) is 0 Å². The van der Waals surface area contributed by atoms with Crippen molar-refractivity contribution in [3.8, 4) is 0 Å². The molecule has 2 fully saturated rings. The van der Waals surface area contributed by atoms with Gasteiger partial charge in [-0.3, -0.25) is 4.79 Å². The Labute approximate surface area is 108 Å². The summed E-state index contributed by atoms with van der Waals surface area (Å²) in [6, 6.07) is 0. The predicted molar refractivity (Wildman–Crippen MR) is 68.3 cm³/mol. The fourth-order valence-corrected chi connectivity index (χ4v) is 3.25. The van der Waals surface area contributed by atoms with E-state index in [1.165, 1.54) is 10.6 Å². The lowest BCUT2D eigenvalue weighted by molar-refractivity contribution is -0.138. The van der Waals surface area contributed by atoms with Crippen molar-refractivity contribution in [2.24, 2.45) is 11.7 Å². The highest BCUT2D eigenvalue weighted by molar-refractivity contribution is 7.88. The molecule has 2 rings (SSSR count). The molecule has 0 radical (unpaired) electrons. The number of nitrogens with zero attached hydrogens (tertiary/aromatic N) is 2. The third-order valence-corrected chi connectivity index (χ3v) is 5.18. The number of sulfonamides is 1. The largest absolute Gasteiger partial charge is 0.338 e. The predicted octanol–water partition coefficient (Wildman–Crippen LogP) is -0.782. The monoisotopic (exact) mass is 275 g/mol. The summed E-state index contributed by atoms with van der Waals surface area (Å²) < 4.78 is 24.2. The normalized spacial score (nSPS) is 25.8. The van der Waals surface area contributed by atoms with Crippen LogP contribution in [0.5, 0.6) is 0 Å². The van der Waals surface area contributed by atoms with Crippen LogP contribution in [0.15, 0.2) is 0 Å². The molecule has 18 heavy (non-hydrogen) atoms. The van der Waals surface area contributed by atoms with Crippen LogP contribution in [-0.4, -0.2) is 61.5 Å². The smallest absolute Gasteiger partial charge is 0.242 e. The van der Waals surface area contributed by atoms with E-state index in [1.54, 1.807) is 11.8 Å². The summed E-state index contributed by atoms with van der Waals surface area (Å²) in [5.74, 6) is 0.246. The maximum atomic E-state index is 12.3. The van der Waals surface area contributed by atoms with Crippen LogP contribution < -0.4 is 5.73 Å². The highest BCUT2D eigenvalue weighted by Crippen LogP contribution is 2.39. The molecule has 104 valence electrons. The minimum atomic E-state index is -3.15. The van der Waals surface area contributed by atoms with E-state index in [0.29, 0.717) is 26.2 Å². The van der Waals surface area contributed by atoms with Gasteiger partial charge in [0, 0.05) is 26.2 Å². The van der Waals surface area contributed by atoms with Crippen molar-refractivity contribution >= 4 is 15.9 Å². The van der Waals surface area contributed by atoms with Gasteiger partial charge in [-0.1, -0.05) is 0 Å². The van der Waals surface area contributed by atoms with Gasteiger partial charge in [-0.2, -0.15) is 4.31 Å². The van der Waals surface area contributed by atoms with Crippen LogP contribution >= 0.6 is 0 Å². The van der Waals surface area contributed by atoms with Gasteiger partial charge in [0.25, 0.3) is 0 Å². The van der Waals surface area contributed by atoms with E-state index >= 15 is 0 Å². The fraction of sp³-hybridized carbons (Fsp3) is 0.909. The van der Waals surface area contributed by atoms with Crippen LogP contribution in [0.1, 0.15) is 19.8 Å². The van der Waals surface area contributed by atoms with Gasteiger partial charge in [0.1, 0.15) is 0 Å². The van der Waals surface area contributed by atoms with Crippen molar-refractivity contribution in [1.82, 2.24) is 9.21 Å². The molecular weight excluding hydrogens is 254 g/mol. The molecule has 1 aliphatic carbocycles. The molecule has 0 aromatic heterocycles. The third kappa shape index (κ3) is 2.67. The van der Waals surface area contributed by atoms with E-state index in [1.807, 2.05) is 0 Å². The first kappa shape index (κ1) is 13.8. The molecule has 1 aliphatic heterocycles. The summed E-state index contributed by atoms with van der Waals surface area (Å²) in [5, 5.41) is 0. The molecule has 1 unspecified atom stereocenters. The summed E-state index contributed by atoms with van der Waals surface area (Å²) in [6.07, 6.45) is 3.23. The zero-order chi connectivity index (χ0) is 13.6. The van der Waals surface area contributed by atoms with Crippen molar-refractivity contribution in [2.75, 3.05) is 32.4 Å². The van der Waals surface area contributed by atoms with E-state index in [2.05, 4.69) is 0 Å². The second kappa shape index (κ2) is 4.47. The molecule has 7 heteroatoms. The number of carbonyl (C=O) groups is 1. The number of carbonyl (C=O) groups excluding carboxylic acids is 1. The molecular formula is C11H21N3O3S. The van der Waals surface area contributed by atoms with Gasteiger partial charge in [0.15, 0.2) is 0 Å². The highest BCUT2D eigenvalue weighted by Gasteiger charge is 2.46. The highest BCUT2D eigenvalue weighted by atomic mass is 32.2. The number of hydrogen-bond donors (Lipinski definition) is 1. The van der Waals surface area contributed by atoms with Crippen LogP contribution in [0.3, 0.4) is 0 Å². The first-order chi connectivity index (χ1) is 8.23. The van der Waals surface area contributed by atoms with E-state index in [9.17, 15) is 13.2 Å². The van der Waals surface area contributed by atoms with Gasteiger partial charge in [-0.15, -0.1) is 0 Å². The minimum Gasteiger partial charge on any atom is -0.338 e. The number of nitrogens with two attached hydrogens (primary N) is 1. The van der Waals surface area contributed by atoms with Gasteiger partial charge in [-0.05, 0) is 25.7 Å². The van der Waals surface area contributed by atoms with Crippen molar-refractivity contribution in [1.29, 1.82) is 0 Å². The molecule has 0 spiro atoms. The standard InChI is InChI=1S/C11H21N3O3S/c1-11(12,9-3-4-9)10(15)13-5-7-14(8-6-13)18(2,16)17/h9H,3-8,12H2,1-2H3. The number of piperazine rings is 1. The summed E-state index contributed by atoms with van der Waals surface area (Å²) in [7, 11) is -3.15. The van der Waals surface area contributed by atoms with E-state index in [-0.39, 0.29) is 11.8 Å². The maximum Gasteiger partial charge on any atom is 0.242 e. The van der Waals surface area contributed by atoms with Crippen molar-refractivity contribution < 1.29 is 13.2 Å². The average Bonchev–Trinajstić information content (AvgIpc) is 3.11. The molecule has 1 atom stereocenters. The second-order valence-corrected chi connectivity index (χ2v) is 7.49. The molecule has 6 nitrogen and oxygen atoms in total. The van der Waals surface area contributed by atoms with Crippen LogP contribution in [0, 0.1) is 5.92 Å². The van der Waals surface area contributed by atoms with E-state index in [4.69, 9.17) is 5.73 Å². The fourth-order valence-electron chi connectivity index (χ4n) is 2.42. The van der Waals surface area contributed by atoms with Crippen LogP contribution in [0.25, 0.3) is 0 Å². The Morgan fingerprint density at radius 2 is 1.72 bits per heavy atom. The second-order valence-electron chi connectivity index (χ2n) is 5.51. The Bertz CT molecular complexity index is 434. The van der Waals surface area contributed by atoms with Gasteiger partial charge in [0.05, 0.1) is 11.8 Å². The molecule has 1 saturated heterocycles. The zero-order valence-corrected chi connectivity index (χ0v) is 11.7. The molecule has 0 aromatic rings. The summed E-state index contributed by atoms with van der Waals surface area (Å²) in [4.78, 5) is 14.0. The lowest BCUT2D eigenvalue weighted by Crippen LogP contribution is -2.59. The minimum absolute atomic E-state index is 0.0434. The van der Waals surface area contributed by atoms with Gasteiger partial charge < -0.3 is 10.6 Å². The maximum absolute atomic E-state index is 12.3. The SMILES string of the molecule is CC(N)(C(=O)N1CCN(S(C)(=O)=O)CC1)C1CC1. The van der Waals surface area contributed by atoms with Crippen LogP contribution in [0.4, 0.5) is 0 Å². The number of hydrogen-bond acceptors (Lipinski definition) is 4. The van der Waals surface area contributed by atoms with Gasteiger partial charge in [0.2, 0.25) is 15.9 Å². The average molecular weight is 275 g/mol. The topological polar surface area (TPSA) is 83.7 Å². The third-order valence-electron chi connectivity index (χ3n) is 3.88. The summed E-state index contributed by atoms with van der Waals surface area (Å²) in [6.45, 7) is 3.39. The Morgan fingerprint density at radius 3 is 2.11 bits per heavy atom. The number of rotatable bonds is 3. The Kier molecular flexibility index (Phi) is 3.42. The molecule has 0 aromatic carbocycles. The molecule has 1 heterocycles. The summed E-state index contributed by atoms with van der Waals surface area (Å²) >= 11 is 0. The molecule has 1 amide bonds. The Morgan fingerprint density at radius 1 is 1.22 bits per heavy atom. The molecule has 2 aliphatic rings. The van der Waals surface area contributed by atoms with Gasteiger partial charge >= 0.3 is 0 Å². The van der Waals surface area contributed by atoms with E-state index < -0.39 is 15.6 Å². The lowest BCUT2D eigenvalue weighted by atomic mass is 9.95.